The minimum Gasteiger partial charge on any atom is -0.493 e. The average Bonchev–Trinajstić information content (AvgIpc) is 2.89. The van der Waals surface area contributed by atoms with Gasteiger partial charge in [-0.2, -0.15) is 10.1 Å². The first-order valence-electron chi connectivity index (χ1n) is 5.61. The molecule has 102 valence electrons. The van der Waals surface area contributed by atoms with Crippen LogP contribution in [-0.2, 0) is 5.75 Å². The van der Waals surface area contributed by atoms with E-state index in [-0.39, 0.29) is 22.4 Å². The molecule has 8 heteroatoms. The Balaban J connectivity index is 1.84. The standard InChI is InChI=1S/C12H8F2N4OS/c13-8-3-1-2-6(9(8)14)5-20-12-16-10-7(4-15-18-10)11(19)17-12/h1-4H,5H2,(H2,15,16,17,18,19). The molecule has 0 unspecified atom stereocenters. The molecule has 2 N–H and O–H groups in total. The Morgan fingerprint density at radius 1 is 1.25 bits per heavy atom. The molecule has 0 atom stereocenters. The number of hydrogen-bond donors (Lipinski definition) is 2. The number of aromatic hydroxyl groups is 1. The van der Waals surface area contributed by atoms with Gasteiger partial charge < -0.3 is 5.11 Å². The number of aromatic amines is 1. The van der Waals surface area contributed by atoms with Crippen LogP contribution in [0.15, 0.2) is 29.6 Å². The number of benzene rings is 1. The van der Waals surface area contributed by atoms with Crippen molar-refractivity contribution in [1.82, 2.24) is 20.2 Å². The second-order valence-corrected chi connectivity index (χ2v) is 4.91. The van der Waals surface area contributed by atoms with Crippen molar-refractivity contribution < 1.29 is 13.9 Å². The Bertz CT molecular complexity index is 777. The van der Waals surface area contributed by atoms with Gasteiger partial charge in [0.1, 0.15) is 5.39 Å². The van der Waals surface area contributed by atoms with Crippen LogP contribution in [0.2, 0.25) is 0 Å². The van der Waals surface area contributed by atoms with E-state index < -0.39 is 11.6 Å². The highest BCUT2D eigenvalue weighted by atomic mass is 32.2. The lowest BCUT2D eigenvalue weighted by Crippen LogP contribution is -1.94. The zero-order chi connectivity index (χ0) is 14.1. The predicted molar refractivity (Wildman–Crippen MR) is 69.3 cm³/mol. The van der Waals surface area contributed by atoms with Gasteiger partial charge in [0, 0.05) is 11.3 Å². The first kappa shape index (κ1) is 12.8. The highest BCUT2D eigenvalue weighted by Crippen LogP contribution is 2.26. The lowest BCUT2D eigenvalue weighted by atomic mass is 10.2. The third-order valence-corrected chi connectivity index (χ3v) is 3.55. The molecule has 0 spiro atoms. The number of rotatable bonds is 3. The van der Waals surface area contributed by atoms with Gasteiger partial charge in [-0.25, -0.2) is 13.8 Å². The van der Waals surface area contributed by atoms with Crippen molar-refractivity contribution in [2.24, 2.45) is 0 Å². The van der Waals surface area contributed by atoms with E-state index in [0.29, 0.717) is 11.0 Å². The fraction of sp³-hybridized carbons (Fsp3) is 0.0833. The largest absolute Gasteiger partial charge is 0.493 e. The molecule has 20 heavy (non-hydrogen) atoms. The number of nitrogens with one attached hydrogen (secondary N) is 1. The number of halogens is 2. The molecule has 0 aliphatic rings. The monoisotopic (exact) mass is 294 g/mol. The molecule has 5 nitrogen and oxygen atoms in total. The molecule has 0 saturated heterocycles. The molecule has 0 fully saturated rings. The summed E-state index contributed by atoms with van der Waals surface area (Å²) in [6.45, 7) is 0. The van der Waals surface area contributed by atoms with E-state index in [2.05, 4.69) is 20.2 Å². The summed E-state index contributed by atoms with van der Waals surface area (Å²) >= 11 is 1.09. The van der Waals surface area contributed by atoms with Crippen molar-refractivity contribution in [2.75, 3.05) is 0 Å². The first-order chi connectivity index (χ1) is 9.65. The lowest BCUT2D eigenvalue weighted by molar-refractivity contribution is 0.453. The van der Waals surface area contributed by atoms with Crippen molar-refractivity contribution in [1.29, 1.82) is 0 Å². The number of aromatic nitrogens is 4. The van der Waals surface area contributed by atoms with Crippen LogP contribution < -0.4 is 0 Å². The van der Waals surface area contributed by atoms with Crippen molar-refractivity contribution in [3.05, 3.63) is 41.6 Å². The quantitative estimate of drug-likeness (QED) is 0.574. The van der Waals surface area contributed by atoms with Gasteiger partial charge in [0.15, 0.2) is 22.4 Å². The molecule has 0 aliphatic carbocycles. The number of nitrogens with zero attached hydrogens (tertiary/aromatic N) is 3. The zero-order valence-corrected chi connectivity index (χ0v) is 10.8. The van der Waals surface area contributed by atoms with Crippen LogP contribution in [0.3, 0.4) is 0 Å². The molecule has 3 rings (SSSR count). The zero-order valence-electron chi connectivity index (χ0n) is 9.97. The number of hydrogen-bond acceptors (Lipinski definition) is 5. The Morgan fingerprint density at radius 3 is 2.95 bits per heavy atom. The number of H-pyrrole nitrogens is 1. The molecule has 2 aromatic heterocycles. The average molecular weight is 294 g/mol. The van der Waals surface area contributed by atoms with Gasteiger partial charge in [0.2, 0.25) is 5.88 Å². The van der Waals surface area contributed by atoms with E-state index in [1.807, 2.05) is 0 Å². The molecule has 0 saturated carbocycles. The highest BCUT2D eigenvalue weighted by molar-refractivity contribution is 7.98. The Morgan fingerprint density at radius 2 is 2.10 bits per heavy atom. The van der Waals surface area contributed by atoms with Crippen LogP contribution in [0.25, 0.3) is 11.0 Å². The molecule has 0 amide bonds. The SMILES string of the molecule is Oc1nc(SCc2cccc(F)c2F)nc2[nH]ncc12. The predicted octanol–water partition coefficient (Wildman–Crippen LogP) is 2.63. The molecule has 0 radical (unpaired) electrons. The summed E-state index contributed by atoms with van der Waals surface area (Å²) in [5.74, 6) is -1.82. The van der Waals surface area contributed by atoms with Gasteiger partial charge in [-0.1, -0.05) is 23.9 Å². The van der Waals surface area contributed by atoms with Crippen LogP contribution in [0.1, 0.15) is 5.56 Å². The second-order valence-electron chi connectivity index (χ2n) is 3.96. The van der Waals surface area contributed by atoms with Gasteiger partial charge >= 0.3 is 0 Å². The van der Waals surface area contributed by atoms with Crippen LogP contribution in [0.5, 0.6) is 5.88 Å². The minimum absolute atomic E-state index is 0.155. The van der Waals surface area contributed by atoms with Gasteiger partial charge in [-0.3, -0.25) is 5.10 Å². The lowest BCUT2D eigenvalue weighted by Gasteiger charge is -2.03. The summed E-state index contributed by atoms with van der Waals surface area (Å²) in [6.07, 6.45) is 1.41. The summed E-state index contributed by atoms with van der Waals surface area (Å²) in [5, 5.41) is 16.7. The van der Waals surface area contributed by atoms with Gasteiger partial charge in [-0.05, 0) is 6.07 Å². The Kier molecular flexibility index (Phi) is 3.23. The molecule has 0 aliphatic heterocycles. The number of fused-ring (bicyclic) bond motifs is 1. The topological polar surface area (TPSA) is 74.7 Å². The summed E-state index contributed by atoms with van der Waals surface area (Å²) in [7, 11) is 0. The maximum atomic E-state index is 13.5. The maximum Gasteiger partial charge on any atom is 0.226 e. The van der Waals surface area contributed by atoms with Crippen molar-refractivity contribution in [3.8, 4) is 5.88 Å². The van der Waals surface area contributed by atoms with E-state index in [1.54, 1.807) is 0 Å². The number of thioether (sulfide) groups is 1. The van der Waals surface area contributed by atoms with Crippen molar-refractivity contribution >= 4 is 22.8 Å². The fourth-order valence-corrected chi connectivity index (χ4v) is 2.48. The van der Waals surface area contributed by atoms with Gasteiger partial charge in [0.05, 0.1) is 6.20 Å². The molecule has 0 bridgehead atoms. The Labute approximate surface area is 116 Å². The molecular formula is C12H8F2N4OS. The normalized spacial score (nSPS) is 11.1. The summed E-state index contributed by atoms with van der Waals surface area (Å²) in [6, 6.07) is 3.98. The van der Waals surface area contributed by atoms with Gasteiger partial charge in [-0.15, -0.1) is 0 Å². The maximum absolute atomic E-state index is 13.5. The van der Waals surface area contributed by atoms with Crippen molar-refractivity contribution in [3.63, 3.8) is 0 Å². The van der Waals surface area contributed by atoms with Crippen LogP contribution in [0, 0.1) is 11.6 Å². The summed E-state index contributed by atoms with van der Waals surface area (Å²) in [5.41, 5.74) is 0.600. The second kappa shape index (κ2) is 5.04. The van der Waals surface area contributed by atoms with Crippen molar-refractivity contribution in [2.45, 2.75) is 10.9 Å². The van der Waals surface area contributed by atoms with E-state index in [4.69, 9.17) is 0 Å². The van der Waals surface area contributed by atoms with E-state index >= 15 is 0 Å². The summed E-state index contributed by atoms with van der Waals surface area (Å²) < 4.78 is 26.6. The Hall–Kier alpha value is -2.22. The summed E-state index contributed by atoms with van der Waals surface area (Å²) in [4.78, 5) is 7.99. The molecular weight excluding hydrogens is 286 g/mol. The smallest absolute Gasteiger partial charge is 0.226 e. The third-order valence-electron chi connectivity index (χ3n) is 2.66. The van der Waals surface area contributed by atoms with Crippen LogP contribution >= 0.6 is 11.8 Å². The van der Waals surface area contributed by atoms with E-state index in [9.17, 15) is 13.9 Å². The first-order valence-corrected chi connectivity index (χ1v) is 6.59. The molecule has 3 aromatic rings. The minimum atomic E-state index is -0.893. The van der Waals surface area contributed by atoms with Crippen LogP contribution in [-0.4, -0.2) is 25.3 Å². The van der Waals surface area contributed by atoms with Crippen LogP contribution in [0.4, 0.5) is 8.78 Å². The fourth-order valence-electron chi connectivity index (χ4n) is 1.67. The highest BCUT2D eigenvalue weighted by Gasteiger charge is 2.11. The third kappa shape index (κ3) is 2.29. The molecule has 1 aromatic carbocycles. The molecule has 2 heterocycles. The van der Waals surface area contributed by atoms with E-state index in [0.717, 1.165) is 17.8 Å². The van der Waals surface area contributed by atoms with E-state index in [1.165, 1.54) is 18.3 Å². The van der Waals surface area contributed by atoms with Gasteiger partial charge in [0.25, 0.3) is 0 Å².